The van der Waals surface area contributed by atoms with Crippen LogP contribution in [0.1, 0.15) is 40.0 Å². The van der Waals surface area contributed by atoms with Crippen molar-refractivity contribution in [2.75, 3.05) is 23.4 Å². The molecule has 6 heteroatoms. The highest BCUT2D eigenvalue weighted by Crippen LogP contribution is 2.22. The number of ether oxygens (including phenoxy) is 1. The maximum Gasteiger partial charge on any atom is 0.414 e. The summed E-state index contributed by atoms with van der Waals surface area (Å²) < 4.78 is 4.91. The van der Waals surface area contributed by atoms with E-state index >= 15 is 0 Å². The minimum absolute atomic E-state index is 0.163. The molecule has 1 heterocycles. The molecular weight excluding hydrogens is 294 g/mol. The molecule has 0 radical (unpaired) electrons. The predicted molar refractivity (Wildman–Crippen MR) is 90.9 cm³/mol. The van der Waals surface area contributed by atoms with E-state index in [4.69, 9.17) is 4.74 Å². The molecule has 1 aromatic rings. The summed E-state index contributed by atoms with van der Waals surface area (Å²) in [5, 5.41) is 5.91. The fourth-order valence-electron chi connectivity index (χ4n) is 2.77. The lowest BCUT2D eigenvalue weighted by Crippen LogP contribution is -2.48. The minimum atomic E-state index is -0.331. The third-order valence-electron chi connectivity index (χ3n) is 4.61. The van der Waals surface area contributed by atoms with Crippen LogP contribution >= 0.6 is 0 Å². The summed E-state index contributed by atoms with van der Waals surface area (Å²) in [6.45, 7) is 7.21. The molecule has 2 N–H and O–H groups in total. The Morgan fingerprint density at radius 3 is 2.26 bits per heavy atom. The number of anilines is 2. The molecule has 1 aliphatic rings. The number of cyclic esters (lactones) is 1. The number of benzene rings is 1. The van der Waals surface area contributed by atoms with Crippen molar-refractivity contribution in [3.05, 3.63) is 24.3 Å². The quantitative estimate of drug-likeness (QED) is 0.839. The molecule has 6 nitrogen and oxygen atoms in total. The van der Waals surface area contributed by atoms with Crippen molar-refractivity contribution in [1.29, 1.82) is 0 Å². The van der Waals surface area contributed by atoms with E-state index in [1.54, 1.807) is 29.2 Å². The fourth-order valence-corrected chi connectivity index (χ4v) is 2.77. The molecule has 0 unspecified atom stereocenters. The van der Waals surface area contributed by atoms with Gasteiger partial charge in [0.05, 0.1) is 6.54 Å². The first-order valence-corrected chi connectivity index (χ1v) is 8.17. The van der Waals surface area contributed by atoms with E-state index in [2.05, 4.69) is 31.4 Å². The molecule has 0 spiro atoms. The Morgan fingerprint density at radius 1 is 1.17 bits per heavy atom. The molecule has 0 saturated carbocycles. The Balaban J connectivity index is 1.98. The third kappa shape index (κ3) is 3.94. The maximum absolute atomic E-state index is 12.2. The molecule has 23 heavy (non-hydrogen) atoms. The van der Waals surface area contributed by atoms with Crippen molar-refractivity contribution in [1.82, 2.24) is 5.32 Å². The maximum atomic E-state index is 12.2. The predicted octanol–water partition coefficient (Wildman–Crippen LogP) is 3.73. The summed E-state index contributed by atoms with van der Waals surface area (Å²) in [4.78, 5) is 25.3. The monoisotopic (exact) mass is 319 g/mol. The van der Waals surface area contributed by atoms with Crippen LogP contribution in [0.2, 0.25) is 0 Å². The van der Waals surface area contributed by atoms with Gasteiger partial charge in [-0.3, -0.25) is 4.90 Å². The molecule has 126 valence electrons. The van der Waals surface area contributed by atoms with Gasteiger partial charge in [-0.25, -0.2) is 9.59 Å². The van der Waals surface area contributed by atoms with Gasteiger partial charge in [0.25, 0.3) is 0 Å². The summed E-state index contributed by atoms with van der Waals surface area (Å²) in [6, 6.07) is 6.96. The zero-order valence-electron chi connectivity index (χ0n) is 14.0. The number of hydrogen-bond acceptors (Lipinski definition) is 3. The Bertz CT molecular complexity index is 544. The molecule has 0 atom stereocenters. The van der Waals surface area contributed by atoms with Crippen LogP contribution in [-0.4, -0.2) is 30.8 Å². The number of rotatable bonds is 6. The summed E-state index contributed by atoms with van der Waals surface area (Å²) in [6.07, 6.45) is 2.35. The number of carbonyl (C=O) groups is 2. The first-order chi connectivity index (χ1) is 11.0. The number of nitrogens with one attached hydrogen (secondary N) is 2. The van der Waals surface area contributed by atoms with Crippen LogP contribution in [0.5, 0.6) is 0 Å². The Kier molecular flexibility index (Phi) is 5.47. The van der Waals surface area contributed by atoms with E-state index in [9.17, 15) is 9.59 Å². The molecule has 0 aliphatic carbocycles. The molecule has 1 aliphatic heterocycles. The standard InChI is InChI=1S/C17H25N3O3/c1-4-17(5-2,6-3)19-15(21)18-13-7-9-14(10-8-13)20-11-12-23-16(20)22/h7-10H,4-6,11-12H2,1-3H3,(H2,18,19,21). The van der Waals surface area contributed by atoms with Gasteiger partial charge in [0.15, 0.2) is 0 Å². The first-order valence-electron chi connectivity index (χ1n) is 8.17. The van der Waals surface area contributed by atoms with Gasteiger partial charge in [-0.05, 0) is 43.5 Å². The van der Waals surface area contributed by atoms with Crippen molar-refractivity contribution >= 4 is 23.5 Å². The summed E-state index contributed by atoms with van der Waals surface area (Å²) in [7, 11) is 0. The molecule has 1 fully saturated rings. The third-order valence-corrected chi connectivity index (χ3v) is 4.61. The van der Waals surface area contributed by atoms with Crippen LogP contribution < -0.4 is 15.5 Å². The van der Waals surface area contributed by atoms with Crippen molar-refractivity contribution in [2.24, 2.45) is 0 Å². The number of carbonyl (C=O) groups excluding carboxylic acids is 2. The van der Waals surface area contributed by atoms with E-state index < -0.39 is 0 Å². The molecular formula is C17H25N3O3. The zero-order chi connectivity index (χ0) is 16.9. The lowest BCUT2D eigenvalue weighted by molar-refractivity contribution is 0.181. The van der Waals surface area contributed by atoms with Gasteiger partial charge in [-0.2, -0.15) is 0 Å². The van der Waals surface area contributed by atoms with Gasteiger partial charge in [0.1, 0.15) is 6.61 Å². The second-order valence-electron chi connectivity index (χ2n) is 5.73. The topological polar surface area (TPSA) is 70.7 Å². The first kappa shape index (κ1) is 17.1. The van der Waals surface area contributed by atoms with Gasteiger partial charge in [0, 0.05) is 16.9 Å². The average molecular weight is 319 g/mol. The lowest BCUT2D eigenvalue weighted by Gasteiger charge is -2.31. The number of urea groups is 1. The molecule has 1 saturated heterocycles. The smallest absolute Gasteiger partial charge is 0.414 e. The van der Waals surface area contributed by atoms with Crippen molar-refractivity contribution in [3.8, 4) is 0 Å². The van der Waals surface area contributed by atoms with Crippen LogP contribution in [-0.2, 0) is 4.74 Å². The molecule has 0 aromatic heterocycles. The summed E-state index contributed by atoms with van der Waals surface area (Å²) in [5.41, 5.74) is 1.29. The average Bonchev–Trinajstić information content (AvgIpc) is 2.99. The molecule has 2 rings (SSSR count). The van der Waals surface area contributed by atoms with Gasteiger partial charge in [-0.1, -0.05) is 20.8 Å². The summed E-state index contributed by atoms with van der Waals surface area (Å²) >= 11 is 0. The van der Waals surface area contributed by atoms with Crippen LogP contribution in [0, 0.1) is 0 Å². The van der Waals surface area contributed by atoms with Gasteiger partial charge < -0.3 is 15.4 Å². The fraction of sp³-hybridized carbons (Fsp3) is 0.529. The molecule has 1 aromatic carbocycles. The largest absolute Gasteiger partial charge is 0.447 e. The van der Waals surface area contributed by atoms with E-state index in [1.165, 1.54) is 0 Å². The van der Waals surface area contributed by atoms with Crippen molar-refractivity contribution in [3.63, 3.8) is 0 Å². The highest BCUT2D eigenvalue weighted by atomic mass is 16.6. The van der Waals surface area contributed by atoms with Crippen molar-refractivity contribution in [2.45, 2.75) is 45.6 Å². The number of amides is 3. The Hall–Kier alpha value is -2.24. The minimum Gasteiger partial charge on any atom is -0.447 e. The number of nitrogens with zero attached hydrogens (tertiary/aromatic N) is 1. The molecule has 0 bridgehead atoms. The van der Waals surface area contributed by atoms with E-state index in [0.29, 0.717) is 18.8 Å². The zero-order valence-corrected chi connectivity index (χ0v) is 14.0. The Morgan fingerprint density at radius 2 is 1.78 bits per heavy atom. The van der Waals surface area contributed by atoms with Crippen LogP contribution in [0.15, 0.2) is 24.3 Å². The normalized spacial score (nSPS) is 14.6. The lowest BCUT2D eigenvalue weighted by atomic mass is 9.90. The van der Waals surface area contributed by atoms with Gasteiger partial charge in [0.2, 0.25) is 0 Å². The highest BCUT2D eigenvalue weighted by Gasteiger charge is 2.26. The second-order valence-corrected chi connectivity index (χ2v) is 5.73. The van der Waals surface area contributed by atoms with Crippen LogP contribution in [0.3, 0.4) is 0 Å². The second kappa shape index (κ2) is 7.35. The Labute approximate surface area is 137 Å². The van der Waals surface area contributed by atoms with Crippen LogP contribution in [0.4, 0.5) is 21.0 Å². The van der Waals surface area contributed by atoms with Gasteiger partial charge in [-0.15, -0.1) is 0 Å². The SMILES string of the molecule is CCC(CC)(CC)NC(=O)Nc1ccc(N2CCOC2=O)cc1. The van der Waals surface area contributed by atoms with Gasteiger partial charge >= 0.3 is 12.1 Å². The van der Waals surface area contributed by atoms with E-state index in [0.717, 1.165) is 24.9 Å². The number of hydrogen-bond donors (Lipinski definition) is 2. The van der Waals surface area contributed by atoms with E-state index in [1.807, 2.05) is 0 Å². The highest BCUT2D eigenvalue weighted by molar-refractivity contribution is 5.92. The van der Waals surface area contributed by atoms with Crippen LogP contribution in [0.25, 0.3) is 0 Å². The van der Waals surface area contributed by atoms with E-state index in [-0.39, 0.29) is 17.7 Å². The van der Waals surface area contributed by atoms with Crippen molar-refractivity contribution < 1.29 is 14.3 Å². The summed E-state index contributed by atoms with van der Waals surface area (Å²) in [5.74, 6) is 0. The molecule has 3 amide bonds.